The summed E-state index contributed by atoms with van der Waals surface area (Å²) in [6, 6.07) is 18.2. The number of nitrogens with zero attached hydrogens (tertiary/aromatic N) is 1. The number of ether oxygens (including phenoxy) is 1. The summed E-state index contributed by atoms with van der Waals surface area (Å²) >= 11 is 0. The van der Waals surface area contributed by atoms with Crippen LogP contribution in [0.15, 0.2) is 54.6 Å². The zero-order valence-corrected chi connectivity index (χ0v) is 16.0. The van der Waals surface area contributed by atoms with E-state index in [0.29, 0.717) is 6.54 Å². The van der Waals surface area contributed by atoms with Gasteiger partial charge in [-0.15, -0.1) is 0 Å². The molecule has 25 heavy (non-hydrogen) atoms. The van der Waals surface area contributed by atoms with Gasteiger partial charge < -0.3 is 9.64 Å². The third kappa shape index (κ3) is 5.63. The summed E-state index contributed by atoms with van der Waals surface area (Å²) < 4.78 is 5.78. The maximum Gasteiger partial charge on any atom is 0.261 e. The van der Waals surface area contributed by atoms with Gasteiger partial charge in [-0.25, -0.2) is 0 Å². The molecular weight excluding hydrogens is 310 g/mol. The molecule has 0 spiro atoms. The number of rotatable bonds is 6. The first-order valence-electron chi connectivity index (χ1n) is 8.84. The third-order valence-electron chi connectivity index (χ3n) is 4.20. The first-order chi connectivity index (χ1) is 11.8. The van der Waals surface area contributed by atoms with Crippen molar-refractivity contribution in [2.75, 3.05) is 6.61 Å². The van der Waals surface area contributed by atoms with Gasteiger partial charge in [-0.2, -0.15) is 0 Å². The summed E-state index contributed by atoms with van der Waals surface area (Å²) in [6.45, 7) is 11.2. The number of carbonyl (C=O) groups excluding carboxylic acids is 1. The second-order valence-electron chi connectivity index (χ2n) is 7.67. The van der Waals surface area contributed by atoms with Gasteiger partial charge in [0.1, 0.15) is 5.75 Å². The molecule has 0 N–H and O–H groups in total. The molecule has 0 bridgehead atoms. The molecule has 0 aliphatic rings. The average Bonchev–Trinajstić information content (AvgIpc) is 2.58. The lowest BCUT2D eigenvalue weighted by atomic mass is 9.87. The van der Waals surface area contributed by atoms with Crippen LogP contribution in [0.1, 0.15) is 45.7 Å². The molecule has 0 unspecified atom stereocenters. The Morgan fingerprint density at radius 1 is 1.04 bits per heavy atom. The molecule has 2 aromatic rings. The van der Waals surface area contributed by atoms with Crippen LogP contribution in [0, 0.1) is 0 Å². The number of hydrogen-bond donors (Lipinski definition) is 0. The fourth-order valence-electron chi connectivity index (χ4n) is 2.62. The van der Waals surface area contributed by atoms with Crippen LogP contribution in [0.25, 0.3) is 0 Å². The molecule has 0 radical (unpaired) electrons. The highest BCUT2D eigenvalue weighted by Gasteiger charge is 2.19. The summed E-state index contributed by atoms with van der Waals surface area (Å²) in [7, 11) is 0. The summed E-state index contributed by atoms with van der Waals surface area (Å²) in [4.78, 5) is 14.5. The van der Waals surface area contributed by atoms with Gasteiger partial charge in [0, 0.05) is 12.6 Å². The minimum absolute atomic E-state index is 0.0000137. The molecule has 3 heteroatoms. The van der Waals surface area contributed by atoms with Crippen LogP contribution < -0.4 is 4.74 Å². The van der Waals surface area contributed by atoms with Gasteiger partial charge >= 0.3 is 0 Å². The van der Waals surface area contributed by atoms with Gasteiger partial charge in [-0.3, -0.25) is 4.79 Å². The molecule has 0 aromatic heterocycles. The molecule has 134 valence electrons. The third-order valence-corrected chi connectivity index (χ3v) is 4.20. The molecule has 2 rings (SSSR count). The second kappa shape index (κ2) is 8.19. The van der Waals surface area contributed by atoms with Crippen molar-refractivity contribution in [3.05, 3.63) is 65.7 Å². The van der Waals surface area contributed by atoms with E-state index in [0.717, 1.165) is 11.3 Å². The summed E-state index contributed by atoms with van der Waals surface area (Å²) in [6.07, 6.45) is 0. The first kappa shape index (κ1) is 19.0. The predicted octanol–water partition coefficient (Wildman–Crippen LogP) is 4.80. The zero-order chi connectivity index (χ0) is 18.4. The van der Waals surface area contributed by atoms with E-state index in [2.05, 4.69) is 26.8 Å². The number of hydrogen-bond acceptors (Lipinski definition) is 2. The van der Waals surface area contributed by atoms with Crippen LogP contribution in [0.2, 0.25) is 0 Å². The molecule has 0 fully saturated rings. The summed E-state index contributed by atoms with van der Waals surface area (Å²) in [5, 5.41) is 0. The van der Waals surface area contributed by atoms with Gasteiger partial charge in [-0.05, 0) is 42.5 Å². The highest BCUT2D eigenvalue weighted by molar-refractivity contribution is 5.78. The van der Waals surface area contributed by atoms with Crippen molar-refractivity contribution in [2.45, 2.75) is 52.6 Å². The smallest absolute Gasteiger partial charge is 0.261 e. The van der Waals surface area contributed by atoms with Crippen LogP contribution in [0.4, 0.5) is 0 Å². The lowest BCUT2D eigenvalue weighted by Crippen LogP contribution is -2.39. The maximum atomic E-state index is 12.6. The Morgan fingerprint density at radius 3 is 2.32 bits per heavy atom. The van der Waals surface area contributed by atoms with Crippen molar-refractivity contribution in [2.24, 2.45) is 0 Å². The number of benzene rings is 2. The van der Waals surface area contributed by atoms with Gasteiger partial charge in [0.15, 0.2) is 6.61 Å². The van der Waals surface area contributed by atoms with Crippen LogP contribution in [0.5, 0.6) is 5.75 Å². The van der Waals surface area contributed by atoms with Gasteiger partial charge in [0.2, 0.25) is 0 Å². The number of carbonyl (C=O) groups is 1. The van der Waals surface area contributed by atoms with E-state index >= 15 is 0 Å². The molecular formula is C22H29NO2. The molecule has 0 heterocycles. The van der Waals surface area contributed by atoms with Crippen LogP contribution in [-0.4, -0.2) is 23.5 Å². The largest absolute Gasteiger partial charge is 0.484 e. The first-order valence-corrected chi connectivity index (χ1v) is 8.84. The van der Waals surface area contributed by atoms with Gasteiger partial charge in [0.25, 0.3) is 5.91 Å². The molecule has 1 amide bonds. The highest BCUT2D eigenvalue weighted by atomic mass is 16.5. The van der Waals surface area contributed by atoms with Crippen molar-refractivity contribution in [3.63, 3.8) is 0 Å². The van der Waals surface area contributed by atoms with Crippen molar-refractivity contribution in [1.29, 1.82) is 0 Å². The van der Waals surface area contributed by atoms with Gasteiger partial charge in [0.05, 0.1) is 0 Å². The fraction of sp³-hybridized carbons (Fsp3) is 0.409. The van der Waals surface area contributed by atoms with E-state index in [1.54, 1.807) is 0 Å². The van der Waals surface area contributed by atoms with Crippen LogP contribution in [0.3, 0.4) is 0 Å². The standard InChI is InChI=1S/C22H29NO2/c1-17(2)23(15-18-10-7-6-8-11-18)21(24)16-25-20-13-9-12-19(14-20)22(3,4)5/h6-14,17H,15-16H2,1-5H3. The monoisotopic (exact) mass is 339 g/mol. The summed E-state index contributed by atoms with van der Waals surface area (Å²) in [5.41, 5.74) is 2.38. The minimum atomic E-state index is 0.0000137. The van der Waals surface area contributed by atoms with E-state index in [9.17, 15) is 4.79 Å². The van der Waals surface area contributed by atoms with Crippen LogP contribution in [-0.2, 0) is 16.8 Å². The van der Waals surface area contributed by atoms with Crippen molar-refractivity contribution < 1.29 is 9.53 Å². The maximum absolute atomic E-state index is 12.6. The number of amides is 1. The topological polar surface area (TPSA) is 29.5 Å². The SMILES string of the molecule is CC(C)N(Cc1ccccc1)C(=O)COc1cccc(C(C)(C)C)c1. The van der Waals surface area contributed by atoms with E-state index in [4.69, 9.17) is 4.74 Å². The Morgan fingerprint density at radius 2 is 1.72 bits per heavy atom. The van der Waals surface area contributed by atoms with E-state index in [1.807, 2.05) is 67.3 Å². The molecule has 0 atom stereocenters. The predicted molar refractivity (Wildman–Crippen MR) is 103 cm³/mol. The molecule has 0 saturated carbocycles. The van der Waals surface area contributed by atoms with Crippen molar-refractivity contribution >= 4 is 5.91 Å². The summed E-state index contributed by atoms with van der Waals surface area (Å²) in [5.74, 6) is 0.740. The Kier molecular flexibility index (Phi) is 6.24. The zero-order valence-electron chi connectivity index (χ0n) is 16.0. The van der Waals surface area contributed by atoms with Crippen molar-refractivity contribution in [3.8, 4) is 5.75 Å². The van der Waals surface area contributed by atoms with Crippen molar-refractivity contribution in [1.82, 2.24) is 4.90 Å². The Labute approximate surface area is 151 Å². The average molecular weight is 339 g/mol. The molecule has 0 aliphatic heterocycles. The Hall–Kier alpha value is -2.29. The highest BCUT2D eigenvalue weighted by Crippen LogP contribution is 2.25. The molecule has 0 aliphatic carbocycles. The Balaban J connectivity index is 2.02. The molecule has 2 aromatic carbocycles. The quantitative estimate of drug-likeness (QED) is 0.756. The Bertz CT molecular complexity index is 687. The van der Waals surface area contributed by atoms with Gasteiger partial charge in [-0.1, -0.05) is 63.2 Å². The molecule has 3 nitrogen and oxygen atoms in total. The van der Waals surface area contributed by atoms with Crippen LogP contribution >= 0.6 is 0 Å². The second-order valence-corrected chi connectivity index (χ2v) is 7.67. The lowest BCUT2D eigenvalue weighted by Gasteiger charge is -2.27. The van der Waals surface area contributed by atoms with E-state index < -0.39 is 0 Å². The fourth-order valence-corrected chi connectivity index (χ4v) is 2.62. The van der Waals surface area contributed by atoms with E-state index in [1.165, 1.54) is 5.56 Å². The van der Waals surface area contributed by atoms with E-state index in [-0.39, 0.29) is 24.0 Å². The minimum Gasteiger partial charge on any atom is -0.484 e. The normalized spacial score (nSPS) is 11.4. The molecule has 0 saturated heterocycles. The lowest BCUT2D eigenvalue weighted by molar-refractivity contribution is -0.135.